The Morgan fingerprint density at radius 3 is 2.21 bits per heavy atom. The number of rotatable bonds is 4. The standard InChI is InChI=1S/C14H25BrN4/c1-8-11(15)10(19(6)18-8)7-9(17-16)12-13(2,3)14(12,4)5/h9,12,17H,7,16H2,1-6H3. The minimum atomic E-state index is 0.274. The van der Waals surface area contributed by atoms with E-state index in [9.17, 15) is 0 Å². The van der Waals surface area contributed by atoms with E-state index in [0.29, 0.717) is 16.7 Å². The number of nitrogens with two attached hydrogens (primary N) is 1. The lowest BCUT2D eigenvalue weighted by atomic mass is 10.00. The topological polar surface area (TPSA) is 55.9 Å². The predicted molar refractivity (Wildman–Crippen MR) is 81.5 cm³/mol. The molecule has 1 unspecified atom stereocenters. The number of nitrogens with one attached hydrogen (secondary N) is 1. The summed E-state index contributed by atoms with van der Waals surface area (Å²) >= 11 is 3.63. The Morgan fingerprint density at radius 2 is 1.89 bits per heavy atom. The minimum absolute atomic E-state index is 0.274. The van der Waals surface area contributed by atoms with Crippen molar-refractivity contribution in [2.45, 2.75) is 47.1 Å². The molecule has 2 rings (SSSR count). The second-order valence-electron chi connectivity index (χ2n) is 6.87. The highest BCUT2D eigenvalue weighted by molar-refractivity contribution is 9.10. The number of aryl methyl sites for hydroxylation is 2. The lowest BCUT2D eigenvalue weighted by Gasteiger charge is -2.18. The SMILES string of the molecule is Cc1nn(C)c(CC(NN)C2C(C)(C)C2(C)C)c1Br. The molecule has 1 aliphatic rings. The normalized spacial score (nSPS) is 22.5. The number of aromatic nitrogens is 2. The fourth-order valence-electron chi connectivity index (χ4n) is 3.64. The first-order chi connectivity index (χ1) is 8.64. The molecule has 0 aliphatic heterocycles. The summed E-state index contributed by atoms with van der Waals surface area (Å²) in [7, 11) is 1.99. The van der Waals surface area contributed by atoms with E-state index in [4.69, 9.17) is 5.84 Å². The maximum Gasteiger partial charge on any atom is 0.0738 e. The molecule has 0 radical (unpaired) electrons. The third-order valence-corrected chi connectivity index (χ3v) is 6.46. The Bertz CT molecular complexity index is 476. The smallest absolute Gasteiger partial charge is 0.0738 e. The zero-order valence-electron chi connectivity index (χ0n) is 12.7. The highest BCUT2D eigenvalue weighted by Crippen LogP contribution is 2.69. The fourth-order valence-corrected chi connectivity index (χ4v) is 4.13. The molecule has 1 fully saturated rings. The van der Waals surface area contributed by atoms with Crippen LogP contribution in [-0.4, -0.2) is 15.8 Å². The molecule has 1 atom stereocenters. The molecule has 1 heterocycles. The molecule has 0 aromatic carbocycles. The Hall–Kier alpha value is -0.390. The average Bonchev–Trinajstić information content (AvgIpc) is 2.57. The summed E-state index contributed by atoms with van der Waals surface area (Å²) in [6.07, 6.45) is 0.895. The molecule has 0 saturated heterocycles. The quantitative estimate of drug-likeness (QED) is 0.659. The molecule has 1 aliphatic carbocycles. The lowest BCUT2D eigenvalue weighted by Crippen LogP contribution is -2.40. The number of hydrazine groups is 1. The van der Waals surface area contributed by atoms with E-state index in [1.807, 2.05) is 18.7 Å². The summed E-state index contributed by atoms with van der Waals surface area (Å²) in [6.45, 7) is 11.3. The van der Waals surface area contributed by atoms with Crippen molar-refractivity contribution in [3.63, 3.8) is 0 Å². The highest BCUT2D eigenvalue weighted by atomic mass is 79.9. The van der Waals surface area contributed by atoms with Gasteiger partial charge in [0.1, 0.15) is 0 Å². The lowest BCUT2D eigenvalue weighted by molar-refractivity contribution is 0.394. The second-order valence-corrected chi connectivity index (χ2v) is 7.66. The molecule has 1 aromatic heterocycles. The van der Waals surface area contributed by atoms with Gasteiger partial charge in [-0.05, 0) is 39.6 Å². The second kappa shape index (κ2) is 4.57. The van der Waals surface area contributed by atoms with Crippen LogP contribution in [0.5, 0.6) is 0 Å². The van der Waals surface area contributed by atoms with E-state index in [0.717, 1.165) is 16.6 Å². The zero-order valence-corrected chi connectivity index (χ0v) is 14.3. The van der Waals surface area contributed by atoms with Gasteiger partial charge in [-0.15, -0.1) is 0 Å². The zero-order chi connectivity index (χ0) is 14.6. The molecule has 0 spiro atoms. The van der Waals surface area contributed by atoms with E-state index < -0.39 is 0 Å². The maximum atomic E-state index is 5.82. The van der Waals surface area contributed by atoms with Crippen LogP contribution in [0, 0.1) is 23.7 Å². The van der Waals surface area contributed by atoms with Crippen molar-refractivity contribution >= 4 is 15.9 Å². The fraction of sp³-hybridized carbons (Fsp3) is 0.786. The van der Waals surface area contributed by atoms with Crippen LogP contribution in [-0.2, 0) is 13.5 Å². The Kier molecular flexibility index (Phi) is 3.61. The van der Waals surface area contributed by atoms with Crippen molar-refractivity contribution in [3.05, 3.63) is 15.9 Å². The van der Waals surface area contributed by atoms with Crippen LogP contribution in [0.1, 0.15) is 39.1 Å². The highest BCUT2D eigenvalue weighted by Gasteiger charge is 2.66. The third kappa shape index (κ3) is 2.16. The van der Waals surface area contributed by atoms with E-state index >= 15 is 0 Å². The number of nitrogens with zero attached hydrogens (tertiary/aromatic N) is 2. The molecule has 5 heteroatoms. The first-order valence-electron chi connectivity index (χ1n) is 6.78. The summed E-state index contributed by atoms with van der Waals surface area (Å²) in [4.78, 5) is 0. The third-order valence-electron chi connectivity index (χ3n) is 5.42. The van der Waals surface area contributed by atoms with Gasteiger partial charge in [0.15, 0.2) is 0 Å². The molecule has 1 saturated carbocycles. The van der Waals surface area contributed by atoms with Crippen LogP contribution in [0.2, 0.25) is 0 Å². The van der Waals surface area contributed by atoms with Gasteiger partial charge in [-0.3, -0.25) is 16.0 Å². The minimum Gasteiger partial charge on any atom is -0.271 e. The summed E-state index contributed by atoms with van der Waals surface area (Å²) < 4.78 is 3.05. The Balaban J connectivity index is 2.22. The molecule has 3 N–H and O–H groups in total. The summed E-state index contributed by atoms with van der Waals surface area (Å²) in [6, 6.07) is 0.274. The van der Waals surface area contributed by atoms with Gasteiger partial charge in [0.25, 0.3) is 0 Å². The summed E-state index contributed by atoms with van der Waals surface area (Å²) in [5.41, 5.74) is 5.91. The van der Waals surface area contributed by atoms with E-state index in [1.54, 1.807) is 0 Å². The van der Waals surface area contributed by atoms with Gasteiger partial charge in [-0.25, -0.2) is 0 Å². The van der Waals surface area contributed by atoms with Crippen LogP contribution >= 0.6 is 15.9 Å². The number of halogens is 1. The van der Waals surface area contributed by atoms with Crippen LogP contribution in [0.4, 0.5) is 0 Å². The van der Waals surface area contributed by atoms with Gasteiger partial charge in [0, 0.05) is 19.5 Å². The Morgan fingerprint density at radius 1 is 1.37 bits per heavy atom. The predicted octanol–water partition coefficient (Wildman–Crippen LogP) is 2.55. The van der Waals surface area contributed by atoms with E-state index in [-0.39, 0.29) is 6.04 Å². The molecule has 0 bridgehead atoms. The van der Waals surface area contributed by atoms with Crippen molar-refractivity contribution in [2.24, 2.45) is 29.6 Å². The van der Waals surface area contributed by atoms with E-state index in [2.05, 4.69) is 54.1 Å². The molecule has 1 aromatic rings. The van der Waals surface area contributed by atoms with Gasteiger partial charge in [0.05, 0.1) is 15.9 Å². The summed E-state index contributed by atoms with van der Waals surface area (Å²) in [5, 5.41) is 4.45. The van der Waals surface area contributed by atoms with Crippen LogP contribution < -0.4 is 11.3 Å². The first kappa shape index (κ1) is 15.0. The molecule has 108 valence electrons. The number of hydrogen-bond donors (Lipinski definition) is 2. The van der Waals surface area contributed by atoms with Crippen molar-refractivity contribution in [2.75, 3.05) is 0 Å². The molecule has 19 heavy (non-hydrogen) atoms. The van der Waals surface area contributed by atoms with Crippen molar-refractivity contribution < 1.29 is 0 Å². The van der Waals surface area contributed by atoms with Gasteiger partial charge >= 0.3 is 0 Å². The first-order valence-corrected chi connectivity index (χ1v) is 7.58. The van der Waals surface area contributed by atoms with Gasteiger partial charge in [0.2, 0.25) is 0 Å². The van der Waals surface area contributed by atoms with Gasteiger partial charge in [-0.2, -0.15) is 5.10 Å². The van der Waals surface area contributed by atoms with Crippen molar-refractivity contribution in [1.29, 1.82) is 0 Å². The van der Waals surface area contributed by atoms with Crippen LogP contribution in [0.15, 0.2) is 4.47 Å². The molecule has 4 nitrogen and oxygen atoms in total. The largest absolute Gasteiger partial charge is 0.271 e. The maximum absolute atomic E-state index is 5.82. The van der Waals surface area contributed by atoms with Crippen LogP contribution in [0.3, 0.4) is 0 Å². The van der Waals surface area contributed by atoms with Gasteiger partial charge < -0.3 is 0 Å². The summed E-state index contributed by atoms with van der Waals surface area (Å²) in [5.74, 6) is 6.39. The molecule has 0 amide bonds. The monoisotopic (exact) mass is 328 g/mol. The Labute approximate surface area is 124 Å². The van der Waals surface area contributed by atoms with Gasteiger partial charge in [-0.1, -0.05) is 27.7 Å². The molecular formula is C14H25BrN4. The van der Waals surface area contributed by atoms with Crippen molar-refractivity contribution in [1.82, 2.24) is 15.2 Å². The van der Waals surface area contributed by atoms with Crippen molar-refractivity contribution in [3.8, 4) is 0 Å². The van der Waals surface area contributed by atoms with E-state index in [1.165, 1.54) is 5.69 Å². The number of hydrogen-bond acceptors (Lipinski definition) is 3. The molecular weight excluding hydrogens is 304 g/mol. The van der Waals surface area contributed by atoms with Crippen LogP contribution in [0.25, 0.3) is 0 Å². The average molecular weight is 329 g/mol.